The molecule has 0 rings (SSSR count). The normalized spacial score (nSPS) is 10.7. The van der Waals surface area contributed by atoms with Crippen LogP contribution in [0, 0.1) is 0 Å². The van der Waals surface area contributed by atoms with Crippen LogP contribution in [-0.4, -0.2) is 15.9 Å². The summed E-state index contributed by atoms with van der Waals surface area (Å²) in [6.45, 7) is 0. The first kappa shape index (κ1) is 9.81. The Labute approximate surface area is 71.2 Å². The highest BCUT2D eigenvalue weighted by Crippen LogP contribution is 2.27. The Morgan fingerprint density at radius 2 is 1.70 bits per heavy atom. The van der Waals surface area contributed by atoms with Gasteiger partial charge in [-0.15, -0.1) is 0 Å². The fourth-order valence-corrected chi connectivity index (χ4v) is 0.265. The van der Waals surface area contributed by atoms with Crippen LogP contribution >= 0.6 is 34.8 Å². The first-order valence-electron chi connectivity index (χ1n) is 1.92. The number of amides is 1. The van der Waals surface area contributed by atoms with E-state index in [1.54, 1.807) is 0 Å². The van der Waals surface area contributed by atoms with Crippen LogP contribution in [0.25, 0.3) is 0 Å². The molecule has 0 saturated carbocycles. The molecule has 2 N–H and O–H groups in total. The van der Waals surface area contributed by atoms with Crippen LogP contribution in [-0.2, 0) is 9.53 Å². The average Bonchev–Trinajstić information content (AvgIpc) is 1.60. The number of hydrogen-bond donors (Lipinski definition) is 1. The average molecular weight is 206 g/mol. The van der Waals surface area contributed by atoms with E-state index in [1.165, 1.54) is 0 Å². The number of ether oxygens (including phenoxy) is 1. The SMILES string of the molecule is NC(=O)OC(=O)C(Cl)(Cl)Cl. The minimum atomic E-state index is -2.25. The molecule has 0 atom stereocenters. The summed E-state index contributed by atoms with van der Waals surface area (Å²) in [4.78, 5) is 20.2. The summed E-state index contributed by atoms with van der Waals surface area (Å²) >= 11 is 14.9. The van der Waals surface area contributed by atoms with Crippen molar-refractivity contribution in [2.75, 3.05) is 0 Å². The Morgan fingerprint density at radius 1 is 1.30 bits per heavy atom. The molecule has 0 aliphatic carbocycles. The van der Waals surface area contributed by atoms with Crippen molar-refractivity contribution < 1.29 is 14.3 Å². The van der Waals surface area contributed by atoms with E-state index in [4.69, 9.17) is 34.8 Å². The van der Waals surface area contributed by atoms with Crippen LogP contribution in [0.5, 0.6) is 0 Å². The molecule has 0 unspecified atom stereocenters. The van der Waals surface area contributed by atoms with Crippen molar-refractivity contribution in [3.63, 3.8) is 0 Å². The molecule has 0 bridgehead atoms. The fraction of sp³-hybridized carbons (Fsp3) is 0.333. The van der Waals surface area contributed by atoms with Crippen LogP contribution in [0.4, 0.5) is 4.79 Å². The Morgan fingerprint density at radius 3 is 1.80 bits per heavy atom. The zero-order chi connectivity index (χ0) is 8.36. The fourth-order valence-electron chi connectivity index (χ4n) is 0.149. The maximum atomic E-state index is 10.4. The Balaban J connectivity index is 3.99. The zero-order valence-electron chi connectivity index (χ0n) is 4.44. The molecule has 7 heteroatoms. The van der Waals surface area contributed by atoms with Crippen molar-refractivity contribution in [3.8, 4) is 0 Å². The van der Waals surface area contributed by atoms with E-state index in [0.717, 1.165) is 0 Å². The lowest BCUT2D eigenvalue weighted by Gasteiger charge is -2.05. The van der Waals surface area contributed by atoms with Gasteiger partial charge in [0.25, 0.3) is 3.79 Å². The first-order chi connectivity index (χ1) is 4.34. The van der Waals surface area contributed by atoms with E-state index < -0.39 is 15.9 Å². The molecule has 4 nitrogen and oxygen atoms in total. The van der Waals surface area contributed by atoms with Crippen LogP contribution in [0.3, 0.4) is 0 Å². The number of primary amides is 1. The zero-order valence-corrected chi connectivity index (χ0v) is 6.70. The molecule has 0 fully saturated rings. The number of carbonyl (C=O) groups excluding carboxylic acids is 2. The molecule has 0 saturated heterocycles. The van der Waals surface area contributed by atoms with Gasteiger partial charge in [0.15, 0.2) is 0 Å². The van der Waals surface area contributed by atoms with Crippen molar-refractivity contribution in [1.29, 1.82) is 0 Å². The highest BCUT2D eigenvalue weighted by atomic mass is 35.6. The monoisotopic (exact) mass is 205 g/mol. The molecule has 0 radical (unpaired) electrons. The quantitative estimate of drug-likeness (QED) is 0.365. The summed E-state index contributed by atoms with van der Waals surface area (Å²) in [5, 5.41) is 0. The predicted molar refractivity (Wildman–Crippen MR) is 36.0 cm³/mol. The van der Waals surface area contributed by atoms with Gasteiger partial charge in [0.05, 0.1) is 0 Å². The third kappa shape index (κ3) is 3.76. The van der Waals surface area contributed by atoms with E-state index in [9.17, 15) is 9.59 Å². The van der Waals surface area contributed by atoms with Crippen molar-refractivity contribution in [3.05, 3.63) is 0 Å². The molecule has 1 amide bonds. The van der Waals surface area contributed by atoms with Gasteiger partial charge < -0.3 is 10.5 Å². The van der Waals surface area contributed by atoms with Gasteiger partial charge in [0.2, 0.25) is 0 Å². The number of halogens is 3. The highest BCUT2D eigenvalue weighted by molar-refractivity contribution is 6.75. The number of carbonyl (C=O) groups is 2. The lowest BCUT2D eigenvalue weighted by molar-refractivity contribution is -0.136. The second-order valence-electron chi connectivity index (χ2n) is 1.21. The molecule has 0 heterocycles. The van der Waals surface area contributed by atoms with E-state index >= 15 is 0 Å². The van der Waals surface area contributed by atoms with Crippen LogP contribution in [0.2, 0.25) is 0 Å². The molecule has 0 aromatic carbocycles. The lowest BCUT2D eigenvalue weighted by Crippen LogP contribution is -2.27. The molecule has 0 aromatic heterocycles. The number of hydrogen-bond acceptors (Lipinski definition) is 3. The maximum absolute atomic E-state index is 10.4. The van der Waals surface area contributed by atoms with Crippen molar-refractivity contribution in [2.24, 2.45) is 5.73 Å². The van der Waals surface area contributed by atoms with Gasteiger partial charge in [-0.05, 0) is 0 Å². The van der Waals surface area contributed by atoms with Gasteiger partial charge >= 0.3 is 12.1 Å². The summed E-state index contributed by atoms with van der Waals surface area (Å²) < 4.78 is 1.46. The van der Waals surface area contributed by atoms with E-state index in [0.29, 0.717) is 0 Å². The minimum absolute atomic E-state index is 1.31. The second-order valence-corrected chi connectivity index (χ2v) is 3.49. The Kier molecular flexibility index (Phi) is 3.21. The van der Waals surface area contributed by atoms with Gasteiger partial charge in [-0.2, -0.15) is 0 Å². The molecule has 0 spiro atoms. The third-order valence-corrected chi connectivity index (χ3v) is 0.888. The number of esters is 1. The van der Waals surface area contributed by atoms with E-state index in [-0.39, 0.29) is 0 Å². The molecule has 58 valence electrons. The summed E-state index contributed by atoms with van der Waals surface area (Å²) in [5.41, 5.74) is 4.43. The topological polar surface area (TPSA) is 69.4 Å². The van der Waals surface area contributed by atoms with Crippen molar-refractivity contribution >= 4 is 46.9 Å². The highest BCUT2D eigenvalue weighted by Gasteiger charge is 2.33. The maximum Gasteiger partial charge on any atom is 0.412 e. The van der Waals surface area contributed by atoms with Crippen LogP contribution < -0.4 is 5.73 Å². The van der Waals surface area contributed by atoms with Crippen molar-refractivity contribution in [2.45, 2.75) is 3.79 Å². The predicted octanol–water partition coefficient (Wildman–Crippen LogP) is 0.978. The molecular formula is C3H2Cl3NO3. The largest absolute Gasteiger partial charge is 0.412 e. The molecular weight excluding hydrogens is 204 g/mol. The molecule has 0 aliphatic rings. The molecule has 10 heavy (non-hydrogen) atoms. The van der Waals surface area contributed by atoms with Gasteiger partial charge in [-0.25, -0.2) is 9.59 Å². The number of alkyl halides is 3. The third-order valence-electron chi connectivity index (χ3n) is 0.425. The van der Waals surface area contributed by atoms with Crippen LogP contribution in [0.15, 0.2) is 0 Å². The van der Waals surface area contributed by atoms with Gasteiger partial charge in [-0.1, -0.05) is 34.8 Å². The van der Waals surface area contributed by atoms with E-state index in [1.807, 2.05) is 0 Å². The van der Waals surface area contributed by atoms with Crippen molar-refractivity contribution in [1.82, 2.24) is 0 Å². The first-order valence-corrected chi connectivity index (χ1v) is 3.06. The molecule has 0 aliphatic heterocycles. The summed E-state index contributed by atoms with van der Waals surface area (Å²) in [5.74, 6) is -1.31. The number of nitrogens with two attached hydrogens (primary N) is 1. The van der Waals surface area contributed by atoms with Gasteiger partial charge in [0.1, 0.15) is 0 Å². The molecule has 0 aromatic rings. The standard InChI is InChI=1S/C3H2Cl3NO3/c4-3(5,6)1(8)10-2(7)9/h(H2,7,9). The van der Waals surface area contributed by atoms with Gasteiger partial charge in [0, 0.05) is 0 Å². The summed E-state index contributed by atoms with van der Waals surface area (Å²) in [6.07, 6.45) is -1.31. The van der Waals surface area contributed by atoms with E-state index in [2.05, 4.69) is 10.5 Å². The number of rotatable bonds is 0. The smallest absolute Gasteiger partial charge is 0.373 e. The second kappa shape index (κ2) is 3.27. The lowest BCUT2D eigenvalue weighted by atomic mass is 10.8. The van der Waals surface area contributed by atoms with Gasteiger partial charge in [-0.3, -0.25) is 0 Å². The minimum Gasteiger partial charge on any atom is -0.373 e. The summed E-state index contributed by atoms with van der Waals surface area (Å²) in [7, 11) is 0. The summed E-state index contributed by atoms with van der Waals surface area (Å²) in [6, 6.07) is 0. The Bertz CT molecular complexity index is 163. The van der Waals surface area contributed by atoms with Crippen LogP contribution in [0.1, 0.15) is 0 Å². The Hall–Kier alpha value is -0.190.